The zero-order chi connectivity index (χ0) is 19.6. The summed E-state index contributed by atoms with van der Waals surface area (Å²) in [4.78, 5) is 23.7. The van der Waals surface area contributed by atoms with Gasteiger partial charge in [-0.05, 0) is 56.9 Å². The highest BCUT2D eigenvalue weighted by atomic mass is 35.5. The number of aromatic nitrogens is 2. The van der Waals surface area contributed by atoms with Gasteiger partial charge in [-0.3, -0.25) is 4.79 Å². The van der Waals surface area contributed by atoms with E-state index in [9.17, 15) is 14.7 Å². The van der Waals surface area contributed by atoms with Gasteiger partial charge in [0.15, 0.2) is 11.3 Å². The molecule has 3 N–H and O–H groups in total. The smallest absolute Gasteiger partial charge is 0.337 e. The first-order valence-corrected chi connectivity index (χ1v) is 9.28. The van der Waals surface area contributed by atoms with Gasteiger partial charge in [0, 0.05) is 16.3 Å². The Hall–Kier alpha value is -2.38. The number of rotatable bonds is 5. The van der Waals surface area contributed by atoms with Crippen molar-refractivity contribution in [2.24, 2.45) is 0 Å². The van der Waals surface area contributed by atoms with Gasteiger partial charge in [0.2, 0.25) is 0 Å². The maximum absolute atomic E-state index is 12.7. The predicted octanol–water partition coefficient (Wildman–Crippen LogP) is 2.36. The van der Waals surface area contributed by atoms with Gasteiger partial charge < -0.3 is 15.5 Å². The molecule has 0 radical (unpaired) electrons. The molecule has 0 saturated carbocycles. The molecule has 1 heterocycles. The molecule has 2 aromatic rings. The van der Waals surface area contributed by atoms with Crippen LogP contribution in [0.2, 0.25) is 5.02 Å². The second-order valence-electron chi connectivity index (χ2n) is 6.98. The van der Waals surface area contributed by atoms with Crippen molar-refractivity contribution in [1.82, 2.24) is 15.1 Å². The molecule has 27 heavy (non-hydrogen) atoms. The van der Waals surface area contributed by atoms with Gasteiger partial charge in [-0.1, -0.05) is 18.0 Å². The zero-order valence-corrected chi connectivity index (χ0v) is 15.8. The second-order valence-corrected chi connectivity index (χ2v) is 7.42. The lowest BCUT2D eigenvalue weighted by Gasteiger charge is -2.18. The number of nitrogens with zero attached hydrogens (tertiary/aromatic N) is 2. The molecule has 0 bridgehead atoms. The summed E-state index contributed by atoms with van der Waals surface area (Å²) < 4.78 is 1.77. The highest BCUT2D eigenvalue weighted by Gasteiger charge is 2.32. The van der Waals surface area contributed by atoms with Crippen LogP contribution in [0.1, 0.15) is 47.9 Å². The maximum atomic E-state index is 12.7. The third-order valence-electron chi connectivity index (χ3n) is 4.77. The third kappa shape index (κ3) is 4.14. The number of amides is 1. The van der Waals surface area contributed by atoms with E-state index in [4.69, 9.17) is 16.7 Å². The Morgan fingerprint density at radius 2 is 1.89 bits per heavy atom. The van der Waals surface area contributed by atoms with Crippen molar-refractivity contribution in [2.75, 3.05) is 6.54 Å². The third-order valence-corrected chi connectivity index (χ3v) is 5.02. The van der Waals surface area contributed by atoms with Crippen LogP contribution in [0.4, 0.5) is 0 Å². The number of nitrogens with one attached hydrogen (secondary N) is 1. The molecule has 7 nitrogen and oxygen atoms in total. The monoisotopic (exact) mass is 391 g/mol. The molecule has 1 amide bonds. The number of aliphatic carboxylic acids is 1. The summed E-state index contributed by atoms with van der Waals surface area (Å²) >= 11 is 5.97. The molecule has 0 aliphatic heterocycles. The minimum atomic E-state index is -2.04. The zero-order valence-electron chi connectivity index (χ0n) is 15.0. The first-order chi connectivity index (χ1) is 12.8. The van der Waals surface area contributed by atoms with Gasteiger partial charge in [0.05, 0.1) is 12.2 Å². The molecule has 1 aromatic heterocycles. The summed E-state index contributed by atoms with van der Waals surface area (Å²) in [5.74, 6) is -1.88. The van der Waals surface area contributed by atoms with E-state index in [2.05, 4.69) is 10.4 Å². The molecule has 0 fully saturated rings. The number of carboxylic acids is 1. The normalized spacial score (nSPS) is 16.1. The fraction of sp³-hybridized carbons (Fsp3) is 0.421. The lowest BCUT2D eigenvalue weighted by Crippen LogP contribution is -2.46. The van der Waals surface area contributed by atoms with Crippen LogP contribution in [0.5, 0.6) is 0 Å². The Bertz CT molecular complexity index is 859. The van der Waals surface area contributed by atoms with Crippen LogP contribution in [0.25, 0.3) is 5.69 Å². The van der Waals surface area contributed by atoms with E-state index in [-0.39, 0.29) is 5.69 Å². The van der Waals surface area contributed by atoms with Crippen molar-refractivity contribution in [1.29, 1.82) is 0 Å². The van der Waals surface area contributed by atoms with Crippen molar-refractivity contribution in [3.8, 4) is 5.69 Å². The van der Waals surface area contributed by atoms with Gasteiger partial charge in [-0.25, -0.2) is 9.48 Å². The van der Waals surface area contributed by atoms with Gasteiger partial charge in [0.25, 0.3) is 5.91 Å². The van der Waals surface area contributed by atoms with Gasteiger partial charge >= 0.3 is 5.97 Å². The van der Waals surface area contributed by atoms with E-state index >= 15 is 0 Å². The lowest BCUT2D eigenvalue weighted by atomic mass is 10.1. The molecule has 0 saturated heterocycles. The fourth-order valence-corrected chi connectivity index (χ4v) is 3.29. The Kier molecular flexibility index (Phi) is 5.53. The van der Waals surface area contributed by atoms with E-state index in [1.807, 2.05) is 12.1 Å². The maximum Gasteiger partial charge on any atom is 0.337 e. The second kappa shape index (κ2) is 7.70. The molecule has 3 rings (SSSR count). The molecule has 1 atom stereocenters. The van der Waals surface area contributed by atoms with Crippen LogP contribution >= 0.6 is 11.6 Å². The van der Waals surface area contributed by atoms with E-state index in [1.165, 1.54) is 0 Å². The Balaban J connectivity index is 1.94. The quantitative estimate of drug-likeness (QED) is 0.679. The predicted molar refractivity (Wildman–Crippen MR) is 100 cm³/mol. The van der Waals surface area contributed by atoms with Crippen LogP contribution < -0.4 is 5.32 Å². The summed E-state index contributed by atoms with van der Waals surface area (Å²) in [7, 11) is 0. The van der Waals surface area contributed by atoms with Crippen molar-refractivity contribution in [3.63, 3.8) is 0 Å². The van der Waals surface area contributed by atoms with Gasteiger partial charge in [-0.2, -0.15) is 5.10 Å². The molecule has 1 aliphatic carbocycles. The van der Waals surface area contributed by atoms with Crippen molar-refractivity contribution < 1.29 is 19.8 Å². The number of carbonyl (C=O) groups excluding carboxylic acids is 1. The number of aliphatic hydroxyl groups is 1. The molecular weight excluding hydrogens is 370 g/mol. The van der Waals surface area contributed by atoms with Crippen LogP contribution in [0, 0.1) is 0 Å². The molecule has 0 spiro atoms. The average molecular weight is 392 g/mol. The Labute approximate surface area is 162 Å². The fourth-order valence-electron chi connectivity index (χ4n) is 3.17. The van der Waals surface area contributed by atoms with E-state index < -0.39 is 24.0 Å². The number of carbonyl (C=O) groups is 2. The van der Waals surface area contributed by atoms with Gasteiger partial charge in [0.1, 0.15) is 0 Å². The van der Waals surface area contributed by atoms with Crippen molar-refractivity contribution in [3.05, 3.63) is 46.2 Å². The minimum Gasteiger partial charge on any atom is -0.479 e. The van der Waals surface area contributed by atoms with Crippen molar-refractivity contribution >= 4 is 23.5 Å². The Morgan fingerprint density at radius 1 is 1.22 bits per heavy atom. The van der Waals surface area contributed by atoms with E-state index in [0.717, 1.165) is 56.0 Å². The molecular formula is C19H22ClN3O4. The molecule has 144 valence electrons. The number of hydrogen-bond donors (Lipinski definition) is 3. The average Bonchev–Trinajstić information content (AvgIpc) is 2.82. The highest BCUT2D eigenvalue weighted by molar-refractivity contribution is 6.30. The van der Waals surface area contributed by atoms with Crippen LogP contribution in [0.15, 0.2) is 24.3 Å². The molecule has 1 aromatic carbocycles. The first kappa shape index (κ1) is 19.4. The number of carboxylic acid groups (broad SMARTS) is 1. The highest BCUT2D eigenvalue weighted by Crippen LogP contribution is 2.27. The minimum absolute atomic E-state index is 0.281. The topological polar surface area (TPSA) is 104 Å². The number of hydrogen-bond acceptors (Lipinski definition) is 4. The summed E-state index contributed by atoms with van der Waals surface area (Å²) in [5, 5.41) is 26.5. The Morgan fingerprint density at radius 3 is 2.56 bits per heavy atom. The summed E-state index contributed by atoms with van der Waals surface area (Å²) in [6.07, 6.45) is 4.60. The summed E-state index contributed by atoms with van der Waals surface area (Å²) in [5.41, 5.74) is 0.933. The van der Waals surface area contributed by atoms with Crippen LogP contribution in [-0.4, -0.2) is 44.0 Å². The van der Waals surface area contributed by atoms with Crippen molar-refractivity contribution in [2.45, 2.75) is 44.6 Å². The van der Waals surface area contributed by atoms with E-state index in [1.54, 1.807) is 16.8 Å². The lowest BCUT2D eigenvalue weighted by molar-refractivity contribution is -0.155. The number of benzene rings is 1. The molecule has 1 aliphatic rings. The summed E-state index contributed by atoms with van der Waals surface area (Å²) in [6.45, 7) is 0.742. The SMILES string of the molecule is CC(O)(CNC(=O)c1nn(-c2ccc(Cl)cc2)c2c1CCCCC2)C(=O)O. The number of fused-ring (bicyclic) bond motifs is 1. The molecule has 8 heteroatoms. The van der Waals surface area contributed by atoms with Crippen LogP contribution in [0.3, 0.4) is 0 Å². The molecule has 1 unspecified atom stereocenters. The van der Waals surface area contributed by atoms with Gasteiger partial charge in [-0.15, -0.1) is 0 Å². The van der Waals surface area contributed by atoms with E-state index in [0.29, 0.717) is 5.02 Å². The van der Waals surface area contributed by atoms with Crippen LogP contribution in [-0.2, 0) is 17.6 Å². The largest absolute Gasteiger partial charge is 0.479 e. The summed E-state index contributed by atoms with van der Waals surface area (Å²) in [6, 6.07) is 7.23. The standard InChI is InChI=1S/C19H22ClN3O4/c1-19(27,18(25)26)11-21-17(24)16-14-5-3-2-4-6-15(14)23(22-16)13-9-7-12(20)8-10-13/h7-10,27H,2-6,11H2,1H3,(H,21,24)(H,25,26). The first-order valence-electron chi connectivity index (χ1n) is 8.90. The number of halogens is 1.